The maximum absolute atomic E-state index is 5.06. The van der Waals surface area contributed by atoms with Gasteiger partial charge in [0.05, 0.1) is 6.54 Å². The van der Waals surface area contributed by atoms with Crippen LogP contribution in [0.5, 0.6) is 0 Å². The molecular weight excluding hydrogens is 170 g/mol. The van der Waals surface area contributed by atoms with Gasteiger partial charge in [0, 0.05) is 13.2 Å². The lowest BCUT2D eigenvalue weighted by atomic mass is 10.7. The summed E-state index contributed by atoms with van der Waals surface area (Å²) in [6, 6.07) is 0. The van der Waals surface area contributed by atoms with E-state index in [1.54, 1.807) is 0 Å². The van der Waals surface area contributed by atoms with E-state index in [1.165, 1.54) is 6.40 Å². The summed E-state index contributed by atoms with van der Waals surface area (Å²) < 4.78 is 14.8. The quantitative estimate of drug-likeness (QED) is 0.628. The summed E-state index contributed by atoms with van der Waals surface area (Å²) in [5, 5.41) is 0. The van der Waals surface area contributed by atoms with E-state index in [2.05, 4.69) is 9.73 Å². The standard InChI is InChI=1S/C6H14O2.C3H5NO/c1-4-7-6(3)8-5-2;1-2-5-3-4-1/h6H,4-5H2,1-3H3;3H,1-2H2. The van der Waals surface area contributed by atoms with Gasteiger partial charge in [-0.3, -0.25) is 4.99 Å². The van der Waals surface area contributed by atoms with Crippen LogP contribution in [0, 0.1) is 0 Å². The highest BCUT2D eigenvalue weighted by molar-refractivity contribution is 5.47. The molecule has 0 saturated heterocycles. The second-order valence-electron chi connectivity index (χ2n) is 2.36. The van der Waals surface area contributed by atoms with Gasteiger partial charge in [-0.2, -0.15) is 0 Å². The fraction of sp³-hybridized carbons (Fsp3) is 0.889. The Morgan fingerprint density at radius 3 is 2.23 bits per heavy atom. The first-order valence-corrected chi connectivity index (χ1v) is 4.64. The summed E-state index contributed by atoms with van der Waals surface area (Å²) in [7, 11) is 0. The van der Waals surface area contributed by atoms with Crippen LogP contribution in [0.15, 0.2) is 4.99 Å². The van der Waals surface area contributed by atoms with Crippen molar-refractivity contribution in [3.63, 3.8) is 0 Å². The SMILES string of the molecule is C1=NCCO1.CCOC(C)OCC. The monoisotopic (exact) mass is 189 g/mol. The minimum atomic E-state index is -0.0370. The highest BCUT2D eigenvalue weighted by atomic mass is 16.7. The number of aliphatic imine (C=N–C) groups is 1. The van der Waals surface area contributed by atoms with Crippen molar-refractivity contribution in [3.8, 4) is 0 Å². The zero-order valence-corrected chi connectivity index (χ0v) is 8.66. The van der Waals surface area contributed by atoms with Crippen LogP contribution >= 0.6 is 0 Å². The fourth-order valence-corrected chi connectivity index (χ4v) is 0.781. The molecule has 4 nitrogen and oxygen atoms in total. The summed E-state index contributed by atoms with van der Waals surface area (Å²) >= 11 is 0. The average molecular weight is 189 g/mol. The van der Waals surface area contributed by atoms with Gasteiger partial charge in [-0.05, 0) is 20.8 Å². The molecule has 0 aromatic rings. The highest BCUT2D eigenvalue weighted by Crippen LogP contribution is 1.90. The van der Waals surface area contributed by atoms with Gasteiger partial charge in [0.2, 0.25) is 0 Å². The zero-order chi connectivity index (χ0) is 9.94. The van der Waals surface area contributed by atoms with Crippen LogP contribution in [-0.4, -0.2) is 39.1 Å². The molecule has 0 N–H and O–H groups in total. The molecule has 0 aromatic heterocycles. The second kappa shape index (κ2) is 9.48. The van der Waals surface area contributed by atoms with Crippen LogP contribution in [0.4, 0.5) is 0 Å². The molecule has 78 valence electrons. The molecule has 1 aliphatic rings. The Labute approximate surface area is 79.9 Å². The van der Waals surface area contributed by atoms with Crippen LogP contribution in [-0.2, 0) is 14.2 Å². The third-order valence-electron chi connectivity index (χ3n) is 1.29. The minimum absolute atomic E-state index is 0.0370. The Hall–Kier alpha value is -0.610. The predicted molar refractivity (Wildman–Crippen MR) is 52.0 cm³/mol. The third kappa shape index (κ3) is 9.30. The Kier molecular flexibility index (Phi) is 9.03. The lowest BCUT2D eigenvalue weighted by Crippen LogP contribution is -2.11. The molecule has 0 spiro atoms. The summed E-state index contributed by atoms with van der Waals surface area (Å²) in [5.41, 5.74) is 0. The van der Waals surface area contributed by atoms with Crippen molar-refractivity contribution in [1.82, 2.24) is 0 Å². The van der Waals surface area contributed by atoms with Crippen LogP contribution in [0.2, 0.25) is 0 Å². The van der Waals surface area contributed by atoms with Crippen molar-refractivity contribution in [1.29, 1.82) is 0 Å². The van der Waals surface area contributed by atoms with Crippen molar-refractivity contribution < 1.29 is 14.2 Å². The van der Waals surface area contributed by atoms with Crippen molar-refractivity contribution in [2.24, 2.45) is 4.99 Å². The summed E-state index contributed by atoms with van der Waals surface area (Å²) in [5.74, 6) is 0. The molecular formula is C9H19NO3. The van der Waals surface area contributed by atoms with E-state index in [4.69, 9.17) is 9.47 Å². The molecule has 0 aliphatic carbocycles. The van der Waals surface area contributed by atoms with E-state index < -0.39 is 0 Å². The number of hydrogen-bond acceptors (Lipinski definition) is 4. The lowest BCUT2D eigenvalue weighted by molar-refractivity contribution is -0.123. The summed E-state index contributed by atoms with van der Waals surface area (Å²) in [4.78, 5) is 3.74. The molecule has 0 fully saturated rings. The van der Waals surface area contributed by atoms with E-state index in [0.29, 0.717) is 0 Å². The number of ether oxygens (including phenoxy) is 3. The van der Waals surface area contributed by atoms with Crippen LogP contribution in [0.3, 0.4) is 0 Å². The van der Waals surface area contributed by atoms with E-state index in [1.807, 2.05) is 20.8 Å². The second-order valence-corrected chi connectivity index (χ2v) is 2.36. The molecule has 0 radical (unpaired) electrons. The average Bonchev–Trinajstić information content (AvgIpc) is 2.61. The molecule has 0 bridgehead atoms. The van der Waals surface area contributed by atoms with Crippen molar-refractivity contribution in [3.05, 3.63) is 0 Å². The van der Waals surface area contributed by atoms with Crippen molar-refractivity contribution >= 4 is 6.40 Å². The molecule has 0 saturated carbocycles. The van der Waals surface area contributed by atoms with Gasteiger partial charge in [-0.25, -0.2) is 0 Å². The van der Waals surface area contributed by atoms with Gasteiger partial charge in [0.15, 0.2) is 12.7 Å². The molecule has 0 unspecified atom stereocenters. The largest absolute Gasteiger partial charge is 0.482 e. The molecule has 1 rings (SSSR count). The first kappa shape index (κ1) is 12.4. The number of nitrogens with zero attached hydrogens (tertiary/aromatic N) is 1. The van der Waals surface area contributed by atoms with Gasteiger partial charge in [-0.1, -0.05) is 0 Å². The van der Waals surface area contributed by atoms with Crippen LogP contribution in [0.1, 0.15) is 20.8 Å². The smallest absolute Gasteiger partial charge is 0.169 e. The first-order valence-electron chi connectivity index (χ1n) is 4.64. The van der Waals surface area contributed by atoms with E-state index in [-0.39, 0.29) is 6.29 Å². The van der Waals surface area contributed by atoms with Crippen molar-refractivity contribution in [2.75, 3.05) is 26.4 Å². The highest BCUT2D eigenvalue weighted by Gasteiger charge is 1.94. The van der Waals surface area contributed by atoms with E-state index in [9.17, 15) is 0 Å². The molecule has 0 aromatic carbocycles. The maximum atomic E-state index is 5.06. The maximum Gasteiger partial charge on any atom is 0.169 e. The fourth-order valence-electron chi connectivity index (χ4n) is 0.781. The molecule has 1 aliphatic heterocycles. The number of hydrogen-bond donors (Lipinski definition) is 0. The van der Waals surface area contributed by atoms with Crippen LogP contribution in [0.25, 0.3) is 0 Å². The van der Waals surface area contributed by atoms with E-state index >= 15 is 0 Å². The van der Waals surface area contributed by atoms with Gasteiger partial charge < -0.3 is 14.2 Å². The molecule has 13 heavy (non-hydrogen) atoms. The van der Waals surface area contributed by atoms with Gasteiger partial charge in [0.25, 0.3) is 0 Å². The Balaban J connectivity index is 0.000000243. The minimum Gasteiger partial charge on any atom is -0.482 e. The Bertz CT molecular complexity index is 116. The summed E-state index contributed by atoms with van der Waals surface area (Å²) in [6.45, 7) is 8.88. The lowest BCUT2D eigenvalue weighted by Gasteiger charge is -2.09. The molecule has 4 heteroatoms. The Morgan fingerprint density at radius 2 is 2.00 bits per heavy atom. The van der Waals surface area contributed by atoms with Crippen LogP contribution < -0.4 is 0 Å². The predicted octanol–water partition coefficient (Wildman–Crippen LogP) is 1.45. The van der Waals surface area contributed by atoms with E-state index in [0.717, 1.165) is 26.4 Å². The van der Waals surface area contributed by atoms with Gasteiger partial charge in [-0.15, -0.1) is 0 Å². The Morgan fingerprint density at radius 1 is 1.38 bits per heavy atom. The number of rotatable bonds is 4. The van der Waals surface area contributed by atoms with Gasteiger partial charge >= 0.3 is 0 Å². The summed E-state index contributed by atoms with van der Waals surface area (Å²) in [6.07, 6.45) is 1.45. The molecule has 1 heterocycles. The zero-order valence-electron chi connectivity index (χ0n) is 8.66. The normalized spacial score (nSPS) is 13.8. The van der Waals surface area contributed by atoms with Gasteiger partial charge in [0.1, 0.15) is 6.61 Å². The third-order valence-corrected chi connectivity index (χ3v) is 1.29. The molecule has 0 atom stereocenters. The molecule has 0 amide bonds. The first-order chi connectivity index (χ1) is 6.31. The topological polar surface area (TPSA) is 40.0 Å². The van der Waals surface area contributed by atoms with Crippen molar-refractivity contribution in [2.45, 2.75) is 27.1 Å².